The van der Waals surface area contributed by atoms with Crippen LogP contribution in [0.1, 0.15) is 32.8 Å². The smallest absolute Gasteiger partial charge is 0.257 e. The fourth-order valence-electron chi connectivity index (χ4n) is 1.75. The molecule has 1 atom stereocenters. The summed E-state index contributed by atoms with van der Waals surface area (Å²) in [5.41, 5.74) is 6.67. The van der Waals surface area contributed by atoms with Gasteiger partial charge in [-0.25, -0.2) is 4.39 Å². The van der Waals surface area contributed by atoms with Crippen LogP contribution in [0.2, 0.25) is 0 Å². The number of carbonyl (C=O) groups excluding carboxylic acids is 1. The highest BCUT2D eigenvalue weighted by molar-refractivity contribution is 5.77. The number of hydrogen-bond acceptors (Lipinski definition) is 3. The lowest BCUT2D eigenvalue weighted by Crippen LogP contribution is -2.31. The second kappa shape index (κ2) is 8.62. The van der Waals surface area contributed by atoms with Crippen molar-refractivity contribution < 1.29 is 13.9 Å². The molecule has 1 unspecified atom stereocenters. The third kappa shape index (κ3) is 6.58. The highest BCUT2D eigenvalue weighted by Gasteiger charge is 2.09. The van der Waals surface area contributed by atoms with Gasteiger partial charge in [-0.15, -0.1) is 0 Å². The van der Waals surface area contributed by atoms with Crippen molar-refractivity contribution in [2.75, 3.05) is 13.2 Å². The molecule has 0 aliphatic rings. The van der Waals surface area contributed by atoms with E-state index in [0.29, 0.717) is 18.9 Å². The van der Waals surface area contributed by atoms with Crippen molar-refractivity contribution in [3.63, 3.8) is 0 Å². The molecule has 1 aromatic carbocycles. The zero-order chi connectivity index (χ0) is 15.8. The number of nitrogens with two attached hydrogens (primary N) is 1. The first-order valence-corrected chi connectivity index (χ1v) is 7.35. The predicted molar refractivity (Wildman–Crippen MR) is 81.7 cm³/mol. The molecular weight excluding hydrogens is 271 g/mol. The van der Waals surface area contributed by atoms with E-state index in [1.165, 1.54) is 6.07 Å². The maximum Gasteiger partial charge on any atom is 0.257 e. The monoisotopic (exact) mass is 296 g/mol. The van der Waals surface area contributed by atoms with Gasteiger partial charge in [0.05, 0.1) is 0 Å². The van der Waals surface area contributed by atoms with E-state index in [1.54, 1.807) is 12.1 Å². The second-order valence-electron chi connectivity index (χ2n) is 5.62. The molecule has 0 spiro atoms. The largest absolute Gasteiger partial charge is 0.481 e. The topological polar surface area (TPSA) is 64.3 Å². The van der Waals surface area contributed by atoms with Crippen LogP contribution in [0.5, 0.6) is 5.75 Å². The molecule has 4 nitrogen and oxygen atoms in total. The molecule has 1 aromatic rings. The Morgan fingerprint density at radius 3 is 2.71 bits per heavy atom. The van der Waals surface area contributed by atoms with Crippen molar-refractivity contribution >= 4 is 5.91 Å². The zero-order valence-electron chi connectivity index (χ0n) is 13.0. The van der Waals surface area contributed by atoms with E-state index in [4.69, 9.17) is 10.5 Å². The van der Waals surface area contributed by atoms with Gasteiger partial charge in [0.1, 0.15) is 0 Å². The quantitative estimate of drug-likeness (QED) is 0.773. The lowest BCUT2D eigenvalue weighted by atomic mass is 10.0. The molecule has 118 valence electrons. The van der Waals surface area contributed by atoms with E-state index in [9.17, 15) is 9.18 Å². The number of hydrogen-bond donors (Lipinski definition) is 2. The Morgan fingerprint density at radius 2 is 2.14 bits per heavy atom. The third-order valence-electron chi connectivity index (χ3n) is 3.08. The number of amides is 1. The van der Waals surface area contributed by atoms with Crippen molar-refractivity contribution in [1.82, 2.24) is 5.32 Å². The second-order valence-corrected chi connectivity index (χ2v) is 5.62. The van der Waals surface area contributed by atoms with Crippen molar-refractivity contribution in [3.8, 4) is 5.75 Å². The fourth-order valence-corrected chi connectivity index (χ4v) is 1.75. The summed E-state index contributed by atoms with van der Waals surface area (Å²) in [6.45, 7) is 6.39. The van der Waals surface area contributed by atoms with Crippen molar-refractivity contribution in [2.24, 2.45) is 11.7 Å². The SMILES string of the molecule is CCC(N)Cc1ccc(OCC(=O)NCC(C)C)c(F)c1. The van der Waals surface area contributed by atoms with Gasteiger partial charge in [-0.05, 0) is 36.5 Å². The minimum Gasteiger partial charge on any atom is -0.481 e. The summed E-state index contributed by atoms with van der Waals surface area (Å²) >= 11 is 0. The summed E-state index contributed by atoms with van der Waals surface area (Å²) in [6.07, 6.45) is 1.47. The van der Waals surface area contributed by atoms with Gasteiger partial charge in [0.25, 0.3) is 5.91 Å². The van der Waals surface area contributed by atoms with Gasteiger partial charge in [0.15, 0.2) is 18.2 Å². The van der Waals surface area contributed by atoms with Crippen LogP contribution in [0.15, 0.2) is 18.2 Å². The number of benzene rings is 1. The molecule has 0 saturated carbocycles. The van der Waals surface area contributed by atoms with Crippen LogP contribution in [0.25, 0.3) is 0 Å². The predicted octanol–water partition coefficient (Wildman–Crippen LogP) is 2.26. The van der Waals surface area contributed by atoms with Gasteiger partial charge in [-0.2, -0.15) is 0 Å². The van der Waals surface area contributed by atoms with Crippen LogP contribution >= 0.6 is 0 Å². The lowest BCUT2D eigenvalue weighted by molar-refractivity contribution is -0.123. The van der Waals surface area contributed by atoms with Gasteiger partial charge >= 0.3 is 0 Å². The molecular formula is C16H25FN2O2. The number of rotatable bonds is 8. The molecule has 3 N–H and O–H groups in total. The Labute approximate surface area is 125 Å². The fraction of sp³-hybridized carbons (Fsp3) is 0.562. The molecule has 5 heteroatoms. The summed E-state index contributed by atoms with van der Waals surface area (Å²) in [6, 6.07) is 4.76. The molecule has 0 radical (unpaired) electrons. The highest BCUT2D eigenvalue weighted by Crippen LogP contribution is 2.19. The molecule has 0 aliphatic carbocycles. The average molecular weight is 296 g/mol. The minimum absolute atomic E-state index is 0.0259. The molecule has 0 aromatic heterocycles. The summed E-state index contributed by atoms with van der Waals surface area (Å²) in [5, 5.41) is 2.71. The molecule has 0 aliphatic heterocycles. The van der Waals surface area contributed by atoms with Crippen LogP contribution in [0, 0.1) is 11.7 Å². The van der Waals surface area contributed by atoms with E-state index in [2.05, 4.69) is 5.32 Å². The Balaban J connectivity index is 2.51. The summed E-state index contributed by atoms with van der Waals surface area (Å²) < 4.78 is 19.1. The first-order chi connectivity index (χ1) is 9.92. The zero-order valence-corrected chi connectivity index (χ0v) is 13.0. The van der Waals surface area contributed by atoms with E-state index in [-0.39, 0.29) is 24.3 Å². The van der Waals surface area contributed by atoms with E-state index < -0.39 is 5.82 Å². The van der Waals surface area contributed by atoms with E-state index >= 15 is 0 Å². The van der Waals surface area contributed by atoms with Gasteiger partial charge < -0.3 is 15.8 Å². The molecule has 0 saturated heterocycles. The minimum atomic E-state index is -0.465. The summed E-state index contributed by atoms with van der Waals surface area (Å²) in [4.78, 5) is 11.5. The van der Waals surface area contributed by atoms with E-state index in [1.807, 2.05) is 20.8 Å². The molecule has 1 amide bonds. The highest BCUT2D eigenvalue weighted by atomic mass is 19.1. The van der Waals surface area contributed by atoms with Gasteiger partial charge in [0.2, 0.25) is 0 Å². The van der Waals surface area contributed by atoms with Crippen LogP contribution in [-0.2, 0) is 11.2 Å². The maximum absolute atomic E-state index is 13.9. The van der Waals surface area contributed by atoms with Crippen LogP contribution in [-0.4, -0.2) is 25.1 Å². The Hall–Kier alpha value is -1.62. The summed E-state index contributed by atoms with van der Waals surface area (Å²) in [7, 11) is 0. The Bertz CT molecular complexity index is 464. The number of halogens is 1. The summed E-state index contributed by atoms with van der Waals surface area (Å²) in [5.74, 6) is -0.260. The van der Waals surface area contributed by atoms with Crippen LogP contribution < -0.4 is 15.8 Å². The van der Waals surface area contributed by atoms with Gasteiger partial charge in [0, 0.05) is 12.6 Å². The standard InChI is InChI=1S/C16H25FN2O2/c1-4-13(18)7-12-5-6-15(14(17)8-12)21-10-16(20)19-9-11(2)3/h5-6,8,11,13H,4,7,9-10,18H2,1-3H3,(H,19,20). The average Bonchev–Trinajstić information content (AvgIpc) is 2.44. The molecule has 1 rings (SSSR count). The Kier molecular flexibility index (Phi) is 7.15. The third-order valence-corrected chi connectivity index (χ3v) is 3.08. The van der Waals surface area contributed by atoms with Crippen molar-refractivity contribution in [2.45, 2.75) is 39.7 Å². The number of carbonyl (C=O) groups is 1. The molecule has 0 heterocycles. The maximum atomic E-state index is 13.9. The van der Waals surface area contributed by atoms with Gasteiger partial charge in [-0.1, -0.05) is 26.8 Å². The Morgan fingerprint density at radius 1 is 1.43 bits per heavy atom. The molecule has 0 bridgehead atoms. The normalized spacial score (nSPS) is 12.3. The first kappa shape index (κ1) is 17.4. The van der Waals surface area contributed by atoms with E-state index in [0.717, 1.165) is 12.0 Å². The molecule has 21 heavy (non-hydrogen) atoms. The van der Waals surface area contributed by atoms with Crippen LogP contribution in [0.3, 0.4) is 0 Å². The number of ether oxygens (including phenoxy) is 1. The van der Waals surface area contributed by atoms with Crippen molar-refractivity contribution in [1.29, 1.82) is 0 Å². The number of nitrogens with one attached hydrogen (secondary N) is 1. The molecule has 0 fully saturated rings. The first-order valence-electron chi connectivity index (χ1n) is 7.35. The lowest BCUT2D eigenvalue weighted by Gasteiger charge is -2.12. The van der Waals surface area contributed by atoms with Gasteiger partial charge in [-0.3, -0.25) is 4.79 Å². The van der Waals surface area contributed by atoms with Crippen molar-refractivity contribution in [3.05, 3.63) is 29.6 Å². The van der Waals surface area contributed by atoms with Crippen LogP contribution in [0.4, 0.5) is 4.39 Å².